The smallest absolute Gasteiger partial charge is 0.231 e. The molecule has 0 aromatic carbocycles. The average Bonchev–Trinajstić information content (AvgIpc) is 2.21. The predicted molar refractivity (Wildman–Crippen MR) is 60.7 cm³/mol. The van der Waals surface area contributed by atoms with Gasteiger partial charge in [-0.15, -0.1) is 0 Å². The van der Waals surface area contributed by atoms with Crippen LogP contribution in [-0.2, 0) is 13.3 Å². The Kier molecular flexibility index (Phi) is 12.0. The molecular formula is C8H18O3Si3. The second-order valence-corrected chi connectivity index (χ2v) is 6.44. The first-order chi connectivity index (χ1) is 6.85. The third-order valence-corrected chi connectivity index (χ3v) is 5.75. The Morgan fingerprint density at radius 1 is 0.857 bits per heavy atom. The van der Waals surface area contributed by atoms with Gasteiger partial charge in [-0.05, 0) is 32.0 Å². The summed E-state index contributed by atoms with van der Waals surface area (Å²) in [4.78, 5) is 0. The predicted octanol–water partition coefficient (Wildman–Crippen LogP) is 1.12. The van der Waals surface area contributed by atoms with Gasteiger partial charge in [0.25, 0.3) is 0 Å². The maximum atomic E-state index is 5.43. The van der Waals surface area contributed by atoms with E-state index >= 15 is 0 Å². The standard InChI is InChI=1S/C8H18O3Si3/c1-4-9-12-7-8(13-10-5-2)14-11-6-3/h8H,4-7H2,1-3H3. The molecule has 0 bridgehead atoms. The summed E-state index contributed by atoms with van der Waals surface area (Å²) < 4.78 is 16.2. The molecule has 80 valence electrons. The summed E-state index contributed by atoms with van der Waals surface area (Å²) in [6.07, 6.45) is 0. The fourth-order valence-corrected chi connectivity index (χ4v) is 3.80. The third-order valence-electron chi connectivity index (χ3n) is 1.27. The summed E-state index contributed by atoms with van der Waals surface area (Å²) in [6, 6.07) is 1.07. The lowest BCUT2D eigenvalue weighted by molar-refractivity contribution is 0.338. The van der Waals surface area contributed by atoms with E-state index in [1.807, 2.05) is 20.8 Å². The van der Waals surface area contributed by atoms with Gasteiger partial charge in [0.05, 0.1) is 0 Å². The topological polar surface area (TPSA) is 27.7 Å². The zero-order valence-corrected chi connectivity index (χ0v) is 12.1. The first kappa shape index (κ1) is 14.5. The van der Waals surface area contributed by atoms with Crippen molar-refractivity contribution < 1.29 is 13.3 Å². The second-order valence-electron chi connectivity index (χ2n) is 2.44. The van der Waals surface area contributed by atoms with Gasteiger partial charge in [0.2, 0.25) is 29.3 Å². The van der Waals surface area contributed by atoms with Crippen molar-refractivity contribution in [3.8, 4) is 0 Å². The van der Waals surface area contributed by atoms with Crippen LogP contribution in [0.4, 0.5) is 0 Å². The second kappa shape index (κ2) is 11.6. The molecule has 0 aliphatic carbocycles. The van der Waals surface area contributed by atoms with Crippen molar-refractivity contribution >= 4 is 29.3 Å². The van der Waals surface area contributed by atoms with E-state index in [1.54, 1.807) is 0 Å². The molecule has 0 aromatic heterocycles. The molecule has 0 fully saturated rings. The number of hydrogen-bond acceptors (Lipinski definition) is 3. The van der Waals surface area contributed by atoms with Gasteiger partial charge in [-0.1, -0.05) is 0 Å². The Labute approximate surface area is 94.7 Å². The van der Waals surface area contributed by atoms with E-state index in [-0.39, 0.29) is 0 Å². The Morgan fingerprint density at radius 2 is 1.36 bits per heavy atom. The molecule has 0 aliphatic heterocycles. The van der Waals surface area contributed by atoms with Crippen molar-refractivity contribution in [3.63, 3.8) is 0 Å². The largest absolute Gasteiger partial charge is 0.418 e. The van der Waals surface area contributed by atoms with Crippen molar-refractivity contribution in [1.29, 1.82) is 0 Å². The molecule has 0 N–H and O–H groups in total. The van der Waals surface area contributed by atoms with Crippen LogP contribution in [0.1, 0.15) is 20.8 Å². The highest BCUT2D eigenvalue weighted by Gasteiger charge is 2.14. The number of hydrogen-bond donors (Lipinski definition) is 0. The Balaban J connectivity index is 3.49. The van der Waals surface area contributed by atoms with Gasteiger partial charge < -0.3 is 13.3 Å². The quantitative estimate of drug-likeness (QED) is 0.427. The lowest BCUT2D eigenvalue weighted by atomic mass is 10.9. The molecule has 0 atom stereocenters. The molecular weight excluding hydrogens is 228 g/mol. The fraction of sp³-hybridized carbons (Fsp3) is 1.00. The molecule has 3 nitrogen and oxygen atoms in total. The normalized spacial score (nSPS) is 11.1. The minimum absolute atomic E-state index is 0.541. The molecule has 0 rings (SSSR count). The molecule has 0 heterocycles. The van der Waals surface area contributed by atoms with Crippen LogP contribution < -0.4 is 0 Å². The van der Waals surface area contributed by atoms with Crippen molar-refractivity contribution in [1.82, 2.24) is 0 Å². The van der Waals surface area contributed by atoms with Gasteiger partial charge in [-0.3, -0.25) is 0 Å². The van der Waals surface area contributed by atoms with Crippen LogP contribution in [-0.4, -0.2) is 49.1 Å². The molecule has 6 radical (unpaired) electrons. The van der Waals surface area contributed by atoms with E-state index < -0.39 is 0 Å². The molecule has 14 heavy (non-hydrogen) atoms. The molecule has 0 unspecified atom stereocenters. The summed E-state index contributed by atoms with van der Waals surface area (Å²) in [5.74, 6) is 0. The van der Waals surface area contributed by atoms with Crippen LogP contribution >= 0.6 is 0 Å². The first-order valence-electron chi connectivity index (χ1n) is 4.94. The molecule has 0 aromatic rings. The van der Waals surface area contributed by atoms with Crippen molar-refractivity contribution in [2.75, 3.05) is 19.8 Å². The van der Waals surface area contributed by atoms with E-state index in [2.05, 4.69) is 0 Å². The highest BCUT2D eigenvalue weighted by atomic mass is 28.3. The highest BCUT2D eigenvalue weighted by Crippen LogP contribution is 2.08. The number of rotatable bonds is 10. The lowest BCUT2D eigenvalue weighted by Gasteiger charge is -2.12. The summed E-state index contributed by atoms with van der Waals surface area (Å²) in [5, 5.41) is 0.541. The van der Waals surface area contributed by atoms with Gasteiger partial charge in [0, 0.05) is 19.8 Å². The zero-order chi connectivity index (χ0) is 10.6. The highest BCUT2D eigenvalue weighted by molar-refractivity contribution is 6.54. The van der Waals surface area contributed by atoms with E-state index in [0.29, 0.717) is 34.5 Å². The summed E-state index contributed by atoms with van der Waals surface area (Å²) in [6.45, 7) is 8.47. The van der Waals surface area contributed by atoms with Crippen LogP contribution in [0.3, 0.4) is 0 Å². The fourth-order valence-electron chi connectivity index (χ4n) is 0.720. The Hall–Kier alpha value is 0.531. The molecule has 0 spiro atoms. The minimum Gasteiger partial charge on any atom is -0.418 e. The van der Waals surface area contributed by atoms with E-state index in [0.717, 1.165) is 25.9 Å². The van der Waals surface area contributed by atoms with Crippen molar-refractivity contribution in [2.24, 2.45) is 0 Å². The Bertz CT molecular complexity index is 108. The molecule has 0 aliphatic rings. The summed E-state index contributed by atoms with van der Waals surface area (Å²) in [5.41, 5.74) is 0. The molecule has 0 saturated heterocycles. The monoisotopic (exact) mass is 246 g/mol. The van der Waals surface area contributed by atoms with Crippen LogP contribution in [0.25, 0.3) is 0 Å². The van der Waals surface area contributed by atoms with Gasteiger partial charge >= 0.3 is 0 Å². The maximum absolute atomic E-state index is 5.43. The van der Waals surface area contributed by atoms with Gasteiger partial charge in [0.1, 0.15) is 0 Å². The molecule has 6 heteroatoms. The summed E-state index contributed by atoms with van der Waals surface area (Å²) in [7, 11) is 1.71. The van der Waals surface area contributed by atoms with Crippen molar-refractivity contribution in [3.05, 3.63) is 0 Å². The van der Waals surface area contributed by atoms with Crippen LogP contribution in [0, 0.1) is 0 Å². The SMILES string of the molecule is CCO[Si]CC([Si]OCC)[Si]OCC. The van der Waals surface area contributed by atoms with Crippen LogP contribution in [0.5, 0.6) is 0 Å². The van der Waals surface area contributed by atoms with Gasteiger partial charge in [-0.2, -0.15) is 0 Å². The van der Waals surface area contributed by atoms with Gasteiger partial charge in [-0.25, -0.2) is 0 Å². The average molecular weight is 246 g/mol. The van der Waals surface area contributed by atoms with E-state index in [4.69, 9.17) is 13.3 Å². The van der Waals surface area contributed by atoms with Gasteiger partial charge in [0.15, 0.2) is 0 Å². The minimum atomic E-state index is 0.541. The zero-order valence-electron chi connectivity index (χ0n) is 9.13. The molecule has 0 saturated carbocycles. The maximum Gasteiger partial charge on any atom is 0.231 e. The molecule has 0 amide bonds. The summed E-state index contributed by atoms with van der Waals surface area (Å²) >= 11 is 0. The van der Waals surface area contributed by atoms with Crippen LogP contribution in [0.15, 0.2) is 0 Å². The third kappa shape index (κ3) is 9.10. The first-order valence-corrected chi connectivity index (χ1v) is 8.03. The van der Waals surface area contributed by atoms with Crippen LogP contribution in [0.2, 0.25) is 11.2 Å². The Morgan fingerprint density at radius 3 is 1.79 bits per heavy atom. The van der Waals surface area contributed by atoms with E-state index in [9.17, 15) is 0 Å². The van der Waals surface area contributed by atoms with Crippen molar-refractivity contribution in [2.45, 2.75) is 32.0 Å². The van der Waals surface area contributed by atoms with E-state index in [1.165, 1.54) is 0 Å². The lowest BCUT2D eigenvalue weighted by Crippen LogP contribution is -2.19.